The summed E-state index contributed by atoms with van der Waals surface area (Å²) in [5.41, 5.74) is -0.726. The van der Waals surface area contributed by atoms with E-state index in [0.717, 1.165) is 29.2 Å². The van der Waals surface area contributed by atoms with Crippen LogP contribution in [0.3, 0.4) is 0 Å². The van der Waals surface area contributed by atoms with Gasteiger partial charge in [0.2, 0.25) is 0 Å². The molecule has 1 aromatic carbocycles. The molecule has 0 unspecified atom stereocenters. The predicted molar refractivity (Wildman–Crippen MR) is 113 cm³/mol. The van der Waals surface area contributed by atoms with Crippen molar-refractivity contribution in [1.82, 2.24) is 4.98 Å². The van der Waals surface area contributed by atoms with Gasteiger partial charge in [-0.2, -0.15) is 13.2 Å². The van der Waals surface area contributed by atoms with Crippen molar-refractivity contribution in [3.63, 3.8) is 0 Å². The lowest BCUT2D eigenvalue weighted by molar-refractivity contribution is -0.161. The first-order chi connectivity index (χ1) is 16.4. The molecule has 3 aliphatic rings. The van der Waals surface area contributed by atoms with E-state index in [9.17, 15) is 27.2 Å². The first kappa shape index (κ1) is 23.5. The summed E-state index contributed by atoms with van der Waals surface area (Å²) in [6.07, 6.45) is -7.01. The summed E-state index contributed by atoms with van der Waals surface area (Å²) in [6, 6.07) is 3.85. The van der Waals surface area contributed by atoms with Crippen LogP contribution in [0.15, 0.2) is 30.3 Å². The fourth-order valence-electron chi connectivity index (χ4n) is 4.66. The van der Waals surface area contributed by atoms with E-state index >= 15 is 0 Å². The van der Waals surface area contributed by atoms with E-state index < -0.39 is 53.4 Å². The van der Waals surface area contributed by atoms with E-state index in [2.05, 4.69) is 4.98 Å². The molecule has 2 fully saturated rings. The van der Waals surface area contributed by atoms with Crippen molar-refractivity contribution in [1.29, 1.82) is 0 Å². The molecule has 0 saturated carbocycles. The number of hydrogen-bond acceptors (Lipinski definition) is 6. The Labute approximate surface area is 197 Å². The second-order valence-electron chi connectivity index (χ2n) is 8.98. The highest BCUT2D eigenvalue weighted by Gasteiger charge is 2.61. The maximum Gasteiger partial charge on any atom is 0.416 e. The van der Waals surface area contributed by atoms with Gasteiger partial charge in [-0.1, -0.05) is 0 Å². The first-order valence-electron chi connectivity index (χ1n) is 10.8. The second-order valence-corrected chi connectivity index (χ2v) is 8.98. The van der Waals surface area contributed by atoms with Gasteiger partial charge in [-0.15, -0.1) is 0 Å². The number of amides is 2. The van der Waals surface area contributed by atoms with Crippen molar-refractivity contribution in [3.05, 3.63) is 47.4 Å². The normalized spacial score (nSPS) is 25.3. The summed E-state index contributed by atoms with van der Waals surface area (Å²) in [5, 5.41) is 0. The van der Waals surface area contributed by atoms with Crippen molar-refractivity contribution in [2.75, 3.05) is 23.0 Å². The monoisotopic (exact) mass is 495 g/mol. The van der Waals surface area contributed by atoms with E-state index in [1.807, 2.05) is 0 Å². The number of benzene rings is 1. The molecule has 0 spiro atoms. The third-order valence-corrected chi connectivity index (χ3v) is 6.02. The molecule has 4 heterocycles. The number of alkyl halides is 3. The fourth-order valence-corrected chi connectivity index (χ4v) is 4.66. The van der Waals surface area contributed by atoms with Crippen LogP contribution in [0.4, 0.5) is 29.1 Å². The van der Waals surface area contributed by atoms with Crippen LogP contribution < -0.4 is 14.5 Å². The Balaban J connectivity index is 1.60. The van der Waals surface area contributed by atoms with Crippen LogP contribution in [-0.4, -0.2) is 54.0 Å². The number of fused-ring (bicyclic) bond motifs is 2. The van der Waals surface area contributed by atoms with Crippen LogP contribution in [0.2, 0.25) is 0 Å². The van der Waals surface area contributed by atoms with Gasteiger partial charge < -0.3 is 19.1 Å². The lowest BCUT2D eigenvalue weighted by Gasteiger charge is -2.35. The van der Waals surface area contributed by atoms with Gasteiger partial charge in [0, 0.05) is 11.8 Å². The molecule has 0 bridgehead atoms. The summed E-state index contributed by atoms with van der Waals surface area (Å²) in [7, 11) is 0. The van der Waals surface area contributed by atoms with Crippen molar-refractivity contribution in [3.8, 4) is 5.75 Å². The van der Waals surface area contributed by atoms with Crippen molar-refractivity contribution in [2.45, 2.75) is 51.0 Å². The minimum Gasteiger partial charge on any atom is -0.489 e. The molecule has 0 N–H and O–H groups in total. The molecule has 3 aliphatic heterocycles. The average Bonchev–Trinajstić information content (AvgIpc) is 3.22. The van der Waals surface area contributed by atoms with Crippen LogP contribution in [0.1, 0.15) is 25.1 Å². The standard InChI is InChI=1S/C23H21F4N3O5/c1-11-8-12(23(25,26)27)9-16(28-11)30-17(18-19(21(30)32)35-22(2,3)34-18)20(31)29-6-7-33-15-10-13(24)4-5-14(15)29/h4-5,8-10,17-19H,6-7H2,1-3H3/t17-,18-,19-/m0/s1. The first-order valence-corrected chi connectivity index (χ1v) is 10.8. The van der Waals surface area contributed by atoms with Crippen LogP contribution >= 0.6 is 0 Å². The maximum atomic E-state index is 13.9. The number of anilines is 2. The van der Waals surface area contributed by atoms with Crippen LogP contribution in [-0.2, 0) is 25.2 Å². The Morgan fingerprint density at radius 2 is 1.91 bits per heavy atom. The van der Waals surface area contributed by atoms with Gasteiger partial charge in [0.05, 0.1) is 17.8 Å². The Kier molecular flexibility index (Phi) is 5.29. The summed E-state index contributed by atoms with van der Waals surface area (Å²) in [4.78, 5) is 33.6. The molecule has 5 rings (SSSR count). The van der Waals surface area contributed by atoms with Crippen LogP contribution in [0, 0.1) is 12.7 Å². The Morgan fingerprint density at radius 1 is 1.17 bits per heavy atom. The van der Waals surface area contributed by atoms with Gasteiger partial charge in [-0.25, -0.2) is 9.37 Å². The quantitative estimate of drug-likeness (QED) is 0.596. The van der Waals surface area contributed by atoms with Gasteiger partial charge in [0.15, 0.2) is 11.9 Å². The number of carbonyl (C=O) groups excluding carboxylic acids is 2. The molecule has 2 aromatic rings. The smallest absolute Gasteiger partial charge is 0.416 e. The van der Waals surface area contributed by atoms with Gasteiger partial charge in [-0.3, -0.25) is 14.5 Å². The van der Waals surface area contributed by atoms with Gasteiger partial charge >= 0.3 is 6.18 Å². The number of halogens is 4. The second kappa shape index (κ2) is 7.89. The van der Waals surface area contributed by atoms with Gasteiger partial charge in [-0.05, 0) is 45.0 Å². The molecule has 1 aromatic heterocycles. The number of carbonyl (C=O) groups is 2. The van der Waals surface area contributed by atoms with Crippen molar-refractivity contribution < 1.29 is 41.4 Å². The highest BCUT2D eigenvalue weighted by Crippen LogP contribution is 2.42. The highest BCUT2D eigenvalue weighted by atomic mass is 19.4. The predicted octanol–water partition coefficient (Wildman–Crippen LogP) is 3.21. The SMILES string of the molecule is Cc1cc(C(F)(F)F)cc(N2C(=O)[C@H]3OC(C)(C)O[C@H]3[C@H]2C(=O)N2CCOc3cc(F)ccc32)n1. The third kappa shape index (κ3) is 4.00. The van der Waals surface area contributed by atoms with Gasteiger partial charge in [0.1, 0.15) is 36.1 Å². The molecule has 3 atom stereocenters. The summed E-state index contributed by atoms with van der Waals surface area (Å²) < 4.78 is 71.3. The molecular weight excluding hydrogens is 474 g/mol. The minimum atomic E-state index is -4.69. The lowest BCUT2D eigenvalue weighted by Crippen LogP contribution is -2.54. The molecule has 12 heteroatoms. The molecule has 0 aliphatic carbocycles. The Bertz CT molecular complexity index is 1220. The fraction of sp³-hybridized carbons (Fsp3) is 0.435. The number of rotatable bonds is 2. The zero-order valence-electron chi connectivity index (χ0n) is 18.9. The zero-order valence-corrected chi connectivity index (χ0v) is 18.9. The van der Waals surface area contributed by atoms with Gasteiger partial charge in [0.25, 0.3) is 11.8 Å². The summed E-state index contributed by atoms with van der Waals surface area (Å²) >= 11 is 0. The number of pyridine rings is 1. The number of aromatic nitrogens is 1. The van der Waals surface area contributed by atoms with E-state index in [-0.39, 0.29) is 36.1 Å². The summed E-state index contributed by atoms with van der Waals surface area (Å²) in [6.45, 7) is 4.64. The van der Waals surface area contributed by atoms with E-state index in [0.29, 0.717) is 0 Å². The molecule has 186 valence electrons. The third-order valence-electron chi connectivity index (χ3n) is 6.02. The van der Waals surface area contributed by atoms with Crippen molar-refractivity contribution >= 4 is 23.3 Å². The van der Waals surface area contributed by atoms with E-state index in [1.54, 1.807) is 13.8 Å². The minimum absolute atomic E-state index is 0.0141. The molecular formula is C23H21F4N3O5. The van der Waals surface area contributed by atoms with E-state index in [1.165, 1.54) is 17.9 Å². The number of ether oxygens (including phenoxy) is 3. The Morgan fingerprint density at radius 3 is 2.63 bits per heavy atom. The molecule has 2 saturated heterocycles. The highest BCUT2D eigenvalue weighted by molar-refractivity contribution is 6.11. The summed E-state index contributed by atoms with van der Waals surface area (Å²) in [5.74, 6) is -3.34. The van der Waals surface area contributed by atoms with Crippen molar-refractivity contribution in [2.24, 2.45) is 0 Å². The largest absolute Gasteiger partial charge is 0.489 e. The molecule has 2 amide bonds. The lowest BCUT2D eigenvalue weighted by atomic mass is 10.1. The zero-order chi connectivity index (χ0) is 25.3. The van der Waals surface area contributed by atoms with Crippen LogP contribution in [0.5, 0.6) is 5.75 Å². The topological polar surface area (TPSA) is 81.2 Å². The number of hydrogen-bond donors (Lipinski definition) is 0. The number of aryl methyl sites for hydroxylation is 1. The van der Waals surface area contributed by atoms with Crippen LogP contribution in [0.25, 0.3) is 0 Å². The maximum absolute atomic E-state index is 13.9. The Hall–Kier alpha value is -3.25. The number of nitrogens with zero attached hydrogens (tertiary/aromatic N) is 3. The molecule has 8 nitrogen and oxygen atoms in total. The molecule has 0 radical (unpaired) electrons. The molecule has 35 heavy (non-hydrogen) atoms. The van der Waals surface area contributed by atoms with E-state index in [4.69, 9.17) is 14.2 Å². The average molecular weight is 495 g/mol.